The minimum atomic E-state index is -0.561. The fourth-order valence-corrected chi connectivity index (χ4v) is 5.36. The zero-order valence-corrected chi connectivity index (χ0v) is 17.9. The number of nitrogens with zero attached hydrogens (tertiary/aromatic N) is 3. The molecule has 0 spiro atoms. The Morgan fingerprint density at radius 3 is 2.93 bits per heavy atom. The number of rotatable bonds is 3. The van der Waals surface area contributed by atoms with Crippen molar-refractivity contribution in [2.45, 2.75) is 45.6 Å². The third-order valence-corrected chi connectivity index (χ3v) is 7.07. The van der Waals surface area contributed by atoms with Crippen LogP contribution in [0.5, 0.6) is 0 Å². The molecule has 2 unspecified atom stereocenters. The Labute approximate surface area is 178 Å². The highest BCUT2D eigenvalue weighted by Crippen LogP contribution is 2.43. The quantitative estimate of drug-likeness (QED) is 0.767. The molecule has 2 aliphatic rings. The summed E-state index contributed by atoms with van der Waals surface area (Å²) in [6.07, 6.45) is 3.01. The molecular weight excluding hydrogens is 402 g/mol. The number of urea groups is 1. The predicted molar refractivity (Wildman–Crippen MR) is 119 cm³/mol. The number of allylic oxidation sites excluding steroid dienone is 1. The van der Waals surface area contributed by atoms with E-state index in [-0.39, 0.29) is 18.0 Å². The van der Waals surface area contributed by atoms with Crippen molar-refractivity contribution in [1.29, 1.82) is 0 Å². The SMILES string of the molecule is CCC1CC(=NC(=O)N2CCCC2C(N)=O)SC(c2ccc3oc(N)nc3c2)=C1C. The molecule has 2 aliphatic heterocycles. The molecular formula is C21H25N5O3S. The lowest BCUT2D eigenvalue weighted by molar-refractivity contribution is -0.121. The van der Waals surface area contributed by atoms with Crippen molar-refractivity contribution >= 4 is 50.8 Å². The van der Waals surface area contributed by atoms with Crippen molar-refractivity contribution in [2.24, 2.45) is 16.6 Å². The lowest BCUT2D eigenvalue weighted by atomic mass is 9.92. The second-order valence-corrected chi connectivity index (χ2v) is 8.78. The number of oxazole rings is 1. The molecule has 0 saturated carbocycles. The van der Waals surface area contributed by atoms with Gasteiger partial charge in [-0.2, -0.15) is 9.98 Å². The van der Waals surface area contributed by atoms with Crippen LogP contribution in [0, 0.1) is 5.92 Å². The number of fused-ring (bicyclic) bond motifs is 1. The molecule has 1 aromatic heterocycles. The molecule has 2 atom stereocenters. The molecule has 4 rings (SSSR count). The molecule has 1 aromatic carbocycles. The number of nitrogens with two attached hydrogens (primary N) is 2. The van der Waals surface area contributed by atoms with E-state index < -0.39 is 11.9 Å². The van der Waals surface area contributed by atoms with E-state index in [4.69, 9.17) is 15.9 Å². The van der Waals surface area contributed by atoms with Crippen molar-refractivity contribution in [3.63, 3.8) is 0 Å². The van der Waals surface area contributed by atoms with Crippen LogP contribution >= 0.6 is 11.8 Å². The van der Waals surface area contributed by atoms with Crippen LogP contribution < -0.4 is 11.5 Å². The molecule has 158 valence electrons. The maximum atomic E-state index is 12.8. The van der Waals surface area contributed by atoms with E-state index in [0.717, 1.165) is 28.4 Å². The number of carbonyl (C=O) groups is 2. The lowest BCUT2D eigenvalue weighted by Crippen LogP contribution is -2.42. The van der Waals surface area contributed by atoms with Crippen LogP contribution in [0.2, 0.25) is 0 Å². The lowest BCUT2D eigenvalue weighted by Gasteiger charge is -2.27. The molecule has 4 N–H and O–H groups in total. The van der Waals surface area contributed by atoms with E-state index >= 15 is 0 Å². The second kappa shape index (κ2) is 8.14. The number of anilines is 1. The van der Waals surface area contributed by atoms with E-state index in [1.165, 1.54) is 22.2 Å². The maximum Gasteiger partial charge on any atom is 0.344 e. The Morgan fingerprint density at radius 1 is 1.40 bits per heavy atom. The smallest absolute Gasteiger partial charge is 0.344 e. The molecule has 9 heteroatoms. The third kappa shape index (κ3) is 3.81. The van der Waals surface area contributed by atoms with Crippen molar-refractivity contribution < 1.29 is 14.0 Å². The van der Waals surface area contributed by atoms with Crippen molar-refractivity contribution in [3.05, 3.63) is 29.3 Å². The fraction of sp³-hybridized carbons (Fsp3) is 0.429. The van der Waals surface area contributed by atoms with Gasteiger partial charge in [0.1, 0.15) is 11.6 Å². The molecule has 30 heavy (non-hydrogen) atoms. The first-order valence-corrected chi connectivity index (χ1v) is 10.9. The van der Waals surface area contributed by atoms with Crippen molar-refractivity contribution in [2.75, 3.05) is 12.3 Å². The average molecular weight is 428 g/mol. The average Bonchev–Trinajstić information content (AvgIpc) is 3.34. The van der Waals surface area contributed by atoms with Gasteiger partial charge < -0.3 is 20.8 Å². The molecule has 0 radical (unpaired) electrons. The monoisotopic (exact) mass is 427 g/mol. The third-order valence-electron chi connectivity index (χ3n) is 5.82. The molecule has 3 heterocycles. The zero-order chi connectivity index (χ0) is 21.4. The summed E-state index contributed by atoms with van der Waals surface area (Å²) >= 11 is 1.50. The number of primary amides is 1. The van der Waals surface area contributed by atoms with Crippen LogP contribution in [-0.2, 0) is 4.79 Å². The summed E-state index contributed by atoms with van der Waals surface area (Å²) in [5.41, 5.74) is 14.7. The van der Waals surface area contributed by atoms with Gasteiger partial charge in [-0.3, -0.25) is 4.79 Å². The van der Waals surface area contributed by atoms with Crippen LogP contribution in [0.1, 0.15) is 45.1 Å². The number of amides is 3. The number of hydrogen-bond donors (Lipinski definition) is 2. The largest absolute Gasteiger partial charge is 0.424 e. The van der Waals surface area contributed by atoms with E-state index in [1.54, 1.807) is 0 Å². The van der Waals surface area contributed by atoms with Gasteiger partial charge in [-0.25, -0.2) is 4.79 Å². The van der Waals surface area contributed by atoms with E-state index in [0.29, 0.717) is 30.5 Å². The maximum absolute atomic E-state index is 12.8. The first-order chi connectivity index (χ1) is 14.4. The fourth-order valence-electron chi connectivity index (χ4n) is 4.14. The zero-order valence-electron chi connectivity index (χ0n) is 17.1. The van der Waals surface area contributed by atoms with Crippen LogP contribution in [0.3, 0.4) is 0 Å². The molecule has 0 aliphatic carbocycles. The van der Waals surface area contributed by atoms with Crippen LogP contribution in [-0.4, -0.2) is 39.5 Å². The van der Waals surface area contributed by atoms with Gasteiger partial charge in [0.15, 0.2) is 5.58 Å². The van der Waals surface area contributed by atoms with Gasteiger partial charge in [0.25, 0.3) is 6.01 Å². The van der Waals surface area contributed by atoms with E-state index in [2.05, 4.69) is 23.8 Å². The number of carbonyl (C=O) groups excluding carboxylic acids is 2. The highest BCUT2D eigenvalue weighted by molar-refractivity contribution is 8.21. The van der Waals surface area contributed by atoms with E-state index in [9.17, 15) is 9.59 Å². The highest BCUT2D eigenvalue weighted by Gasteiger charge is 2.33. The topological polar surface area (TPSA) is 128 Å². The number of aliphatic imine (C=N–C) groups is 1. The molecule has 2 aromatic rings. The Bertz CT molecular complexity index is 1070. The minimum Gasteiger partial charge on any atom is -0.424 e. The molecule has 8 nitrogen and oxygen atoms in total. The summed E-state index contributed by atoms with van der Waals surface area (Å²) in [4.78, 5) is 35.6. The first-order valence-electron chi connectivity index (χ1n) is 10.1. The molecule has 1 fully saturated rings. The van der Waals surface area contributed by atoms with Gasteiger partial charge in [0, 0.05) is 17.9 Å². The van der Waals surface area contributed by atoms with Gasteiger partial charge in [0.2, 0.25) is 5.91 Å². The normalized spacial score (nSPS) is 23.5. The molecule has 1 saturated heterocycles. The Morgan fingerprint density at radius 2 is 2.20 bits per heavy atom. The molecule has 3 amide bonds. The van der Waals surface area contributed by atoms with Gasteiger partial charge in [0.05, 0.1) is 5.04 Å². The van der Waals surface area contributed by atoms with Crippen molar-refractivity contribution in [3.8, 4) is 0 Å². The number of benzene rings is 1. The predicted octanol–water partition coefficient (Wildman–Crippen LogP) is 3.77. The summed E-state index contributed by atoms with van der Waals surface area (Å²) in [5, 5.41) is 0.752. The van der Waals surface area contributed by atoms with Gasteiger partial charge in [-0.15, -0.1) is 0 Å². The van der Waals surface area contributed by atoms with Gasteiger partial charge >= 0.3 is 6.03 Å². The van der Waals surface area contributed by atoms with Crippen LogP contribution in [0.4, 0.5) is 10.8 Å². The summed E-state index contributed by atoms with van der Waals surface area (Å²) in [5.74, 6) is -0.184. The standard InChI is InChI=1S/C21H25N5O3S/c1-3-12-10-17(25-21(28)26-8-4-5-15(26)19(22)27)30-18(11(12)2)13-6-7-16-14(9-13)24-20(23)29-16/h6-7,9,12,15H,3-5,8,10H2,1-2H3,(H2,22,27)(H2,23,24). The Kier molecular flexibility index (Phi) is 5.55. The van der Waals surface area contributed by atoms with Crippen LogP contribution in [0.25, 0.3) is 16.0 Å². The summed E-state index contributed by atoms with van der Waals surface area (Å²) in [7, 11) is 0. The second-order valence-electron chi connectivity index (χ2n) is 7.70. The first kappa shape index (κ1) is 20.5. The van der Waals surface area contributed by atoms with Gasteiger partial charge in [-0.05, 0) is 55.9 Å². The number of hydrogen-bond acceptors (Lipinski definition) is 6. The molecule has 0 bridgehead atoms. The summed E-state index contributed by atoms with van der Waals surface area (Å²) in [6.45, 7) is 4.77. The summed E-state index contributed by atoms with van der Waals surface area (Å²) in [6, 6.07) is 4.97. The van der Waals surface area contributed by atoms with Gasteiger partial charge in [-0.1, -0.05) is 24.3 Å². The Balaban J connectivity index is 1.65. The minimum absolute atomic E-state index is 0.137. The van der Waals surface area contributed by atoms with Crippen LogP contribution in [0.15, 0.2) is 33.2 Å². The Hall–Kier alpha value is -2.81. The van der Waals surface area contributed by atoms with E-state index in [1.807, 2.05) is 18.2 Å². The number of nitrogen functional groups attached to an aromatic ring is 1. The highest BCUT2D eigenvalue weighted by atomic mass is 32.2. The number of aromatic nitrogens is 1. The number of likely N-dealkylation sites (tertiary alicyclic amines) is 1. The number of thioether (sulfide) groups is 1. The van der Waals surface area contributed by atoms with Crippen molar-refractivity contribution in [1.82, 2.24) is 9.88 Å². The summed E-state index contributed by atoms with van der Waals surface area (Å²) < 4.78 is 5.37.